The van der Waals surface area contributed by atoms with Gasteiger partial charge in [0.2, 0.25) is 5.69 Å². The number of nitrogens with zero attached hydrogens (tertiary/aromatic N) is 4. The summed E-state index contributed by atoms with van der Waals surface area (Å²) in [4.78, 5) is 8.22. The molecule has 4 nitrogen and oxygen atoms in total. The Morgan fingerprint density at radius 2 is 1.59 bits per heavy atom. The first-order valence-corrected chi connectivity index (χ1v) is 17.4. The van der Waals surface area contributed by atoms with Crippen LogP contribution < -0.4 is 4.57 Å². The molecule has 0 N–H and O–H groups in total. The number of allylic oxidation sites excluding steroid dienone is 2. The molecule has 5 aliphatic rings. The topological polar surface area (TPSA) is 23.0 Å². The first-order valence-electron chi connectivity index (χ1n) is 17.4. The van der Waals surface area contributed by atoms with E-state index >= 15 is 0 Å². The number of aryl methyl sites for hydroxylation is 1. The maximum Gasteiger partial charge on any atom is 0.475 e. The van der Waals surface area contributed by atoms with Gasteiger partial charge in [0.25, 0.3) is 0 Å². The fraction of sp³-hybridized carbons (Fsp3) is 0.475. The number of rotatable bonds is 2. The van der Waals surface area contributed by atoms with E-state index in [-0.39, 0.29) is 5.41 Å². The lowest BCUT2D eigenvalue weighted by Gasteiger charge is -2.45. The van der Waals surface area contributed by atoms with Crippen LogP contribution in [0.5, 0.6) is 0 Å². The van der Waals surface area contributed by atoms with Crippen LogP contribution in [0.1, 0.15) is 114 Å². The van der Waals surface area contributed by atoms with Crippen LogP contribution in [0.25, 0.3) is 32.9 Å². The van der Waals surface area contributed by atoms with Gasteiger partial charge in [0, 0.05) is 60.6 Å². The summed E-state index contributed by atoms with van der Waals surface area (Å²) in [6, 6.07) is 15.3. The van der Waals surface area contributed by atoms with Crippen LogP contribution >= 0.6 is 0 Å². The van der Waals surface area contributed by atoms with Crippen molar-refractivity contribution < 1.29 is 9.14 Å². The Balaban J connectivity index is 1.52. The minimum atomic E-state index is -0.489. The molecule has 0 bridgehead atoms. The van der Waals surface area contributed by atoms with Crippen molar-refractivity contribution in [3.05, 3.63) is 82.8 Å². The van der Waals surface area contributed by atoms with Crippen molar-refractivity contribution in [3.8, 4) is 11.3 Å². The van der Waals surface area contributed by atoms with Gasteiger partial charge in [-0.1, -0.05) is 63.3 Å². The number of benzene rings is 2. The Morgan fingerprint density at radius 1 is 0.841 bits per heavy atom. The minimum absolute atomic E-state index is 0.125. The van der Waals surface area contributed by atoms with E-state index in [1.165, 1.54) is 131 Å². The molecule has 44 heavy (non-hydrogen) atoms. The lowest BCUT2D eigenvalue weighted by Crippen LogP contribution is -2.75. The fourth-order valence-corrected chi connectivity index (χ4v) is 10.4. The molecule has 2 saturated carbocycles. The zero-order valence-electron chi connectivity index (χ0n) is 27.2. The van der Waals surface area contributed by atoms with Crippen LogP contribution in [0.2, 0.25) is 0 Å². The molecule has 1 unspecified atom stereocenters. The summed E-state index contributed by atoms with van der Waals surface area (Å²) in [5.74, 6) is -0.489. The van der Waals surface area contributed by atoms with Gasteiger partial charge in [0.15, 0.2) is 23.5 Å². The van der Waals surface area contributed by atoms with Gasteiger partial charge in [-0.05, 0) is 68.2 Å². The third kappa shape index (κ3) is 3.27. The second-order valence-corrected chi connectivity index (χ2v) is 15.1. The summed E-state index contributed by atoms with van der Waals surface area (Å²) in [5, 5.41) is 4.08. The number of aromatic nitrogens is 2. The highest BCUT2D eigenvalue weighted by atomic mass is 15.5. The van der Waals surface area contributed by atoms with Gasteiger partial charge in [-0.25, -0.2) is 4.90 Å². The van der Waals surface area contributed by atoms with Crippen LogP contribution in [-0.4, -0.2) is 32.3 Å². The quantitative estimate of drug-likeness (QED) is 0.221. The molecule has 9 rings (SSSR count). The predicted molar refractivity (Wildman–Crippen MR) is 179 cm³/mol. The van der Waals surface area contributed by atoms with E-state index in [0.29, 0.717) is 12.1 Å². The Bertz CT molecular complexity index is 1950. The van der Waals surface area contributed by atoms with Crippen LogP contribution in [0, 0.1) is 6.92 Å². The normalized spacial score (nSPS) is 24.6. The molecule has 2 aromatic heterocycles. The lowest BCUT2D eigenvalue weighted by atomic mass is 9.68. The van der Waals surface area contributed by atoms with E-state index in [1.54, 1.807) is 0 Å². The molecule has 0 amide bonds. The molecular formula is C40H46N4+2. The highest BCUT2D eigenvalue weighted by molar-refractivity contribution is 6.05. The average Bonchev–Trinajstić information content (AvgIpc) is 3.31. The highest BCUT2D eigenvalue weighted by Gasteiger charge is 2.72. The SMILES string of the molecule is CC1=CC(C)=[N+](C2CCCCC2)C2(c3c4c(cc5cccnc35)C(C)(C)c3cc(C)cc5cc[n+]2c-4c35)N1C1CCCCC1. The number of pyridine rings is 2. The molecule has 3 aliphatic carbocycles. The molecule has 2 aromatic carbocycles. The summed E-state index contributed by atoms with van der Waals surface area (Å²) < 4.78 is 5.67. The first kappa shape index (κ1) is 26.8. The molecule has 0 saturated heterocycles. The predicted octanol–water partition coefficient (Wildman–Crippen LogP) is 8.62. The summed E-state index contributed by atoms with van der Waals surface area (Å²) in [6.45, 7) is 12.0. The zero-order chi connectivity index (χ0) is 30.0. The highest BCUT2D eigenvalue weighted by Crippen LogP contribution is 2.58. The standard InChI is InChI=1S/C40H46N4/c1-25-21-28-18-20-42-38-34(28)32(22-25)39(4,5)33-24-29-13-12-19-41-37(29)36(35(33)38)40(42)43(30-14-8-6-9-15-30)26(2)23-27(3)44(40)31-16-10-7-11-17-31/h12-13,18-24,30-31H,6-11,14-17H2,1-5H3/q+2. The monoisotopic (exact) mass is 582 g/mol. The van der Waals surface area contributed by atoms with Crippen molar-refractivity contribution in [2.45, 2.75) is 122 Å². The molecule has 2 fully saturated rings. The van der Waals surface area contributed by atoms with E-state index in [1.807, 2.05) is 6.20 Å². The van der Waals surface area contributed by atoms with Crippen molar-refractivity contribution >= 4 is 27.4 Å². The summed E-state index contributed by atoms with van der Waals surface area (Å²) in [7, 11) is 0. The van der Waals surface area contributed by atoms with E-state index < -0.39 is 5.79 Å². The van der Waals surface area contributed by atoms with Crippen LogP contribution in [0.4, 0.5) is 0 Å². The van der Waals surface area contributed by atoms with Crippen molar-refractivity contribution in [2.75, 3.05) is 0 Å². The van der Waals surface area contributed by atoms with Crippen LogP contribution in [-0.2, 0) is 11.2 Å². The van der Waals surface area contributed by atoms with Crippen molar-refractivity contribution in [1.29, 1.82) is 0 Å². The molecule has 0 radical (unpaired) electrons. The smallest absolute Gasteiger partial charge is 0.255 e. The largest absolute Gasteiger partial charge is 0.475 e. The summed E-state index contributed by atoms with van der Waals surface area (Å²) >= 11 is 0. The molecule has 2 aliphatic heterocycles. The van der Waals surface area contributed by atoms with Crippen molar-refractivity contribution in [3.63, 3.8) is 0 Å². The van der Waals surface area contributed by atoms with Gasteiger partial charge in [0.05, 0.1) is 16.5 Å². The summed E-state index contributed by atoms with van der Waals surface area (Å²) in [5.41, 5.74) is 12.4. The number of hydrogen-bond donors (Lipinski definition) is 0. The lowest BCUT2D eigenvalue weighted by molar-refractivity contribution is -0.945. The second-order valence-electron chi connectivity index (χ2n) is 15.1. The number of hydrogen-bond acceptors (Lipinski definition) is 2. The van der Waals surface area contributed by atoms with E-state index in [9.17, 15) is 0 Å². The molecule has 4 heterocycles. The second kappa shape index (κ2) is 9.25. The van der Waals surface area contributed by atoms with Gasteiger partial charge in [-0.15, -0.1) is 9.14 Å². The maximum atomic E-state index is 5.30. The van der Waals surface area contributed by atoms with Gasteiger partial charge in [0.1, 0.15) is 0 Å². The Morgan fingerprint density at radius 3 is 2.36 bits per heavy atom. The Hall–Kier alpha value is -3.53. The van der Waals surface area contributed by atoms with E-state index in [2.05, 4.69) is 97.3 Å². The average molecular weight is 583 g/mol. The molecule has 1 spiro atoms. The molecule has 4 heteroatoms. The van der Waals surface area contributed by atoms with Gasteiger partial charge in [-0.2, -0.15) is 0 Å². The third-order valence-electron chi connectivity index (χ3n) is 12.1. The minimum Gasteiger partial charge on any atom is -0.255 e. The molecule has 4 aromatic rings. The fourth-order valence-electron chi connectivity index (χ4n) is 10.4. The molecule has 1 atom stereocenters. The maximum absolute atomic E-state index is 5.30. The van der Waals surface area contributed by atoms with Crippen molar-refractivity contribution in [2.24, 2.45) is 0 Å². The zero-order valence-corrected chi connectivity index (χ0v) is 27.2. The van der Waals surface area contributed by atoms with Gasteiger partial charge >= 0.3 is 5.79 Å². The first-order chi connectivity index (χ1) is 21.3. The Labute approximate surface area is 262 Å². The molecule has 224 valence electrons. The van der Waals surface area contributed by atoms with Gasteiger partial charge < -0.3 is 0 Å². The molecular weight excluding hydrogens is 536 g/mol. The van der Waals surface area contributed by atoms with Gasteiger partial charge in [-0.3, -0.25) is 4.98 Å². The van der Waals surface area contributed by atoms with Crippen molar-refractivity contribution in [1.82, 2.24) is 9.88 Å². The van der Waals surface area contributed by atoms with Crippen LogP contribution in [0.3, 0.4) is 0 Å². The van der Waals surface area contributed by atoms with E-state index in [4.69, 9.17) is 4.98 Å². The van der Waals surface area contributed by atoms with E-state index in [0.717, 1.165) is 0 Å². The third-order valence-corrected chi connectivity index (χ3v) is 12.1. The summed E-state index contributed by atoms with van der Waals surface area (Å²) in [6.07, 6.45) is 20.0. The Kier molecular flexibility index (Phi) is 5.64. The van der Waals surface area contributed by atoms with Crippen LogP contribution in [0.15, 0.2) is 60.6 Å². The number of fused-ring (bicyclic) bond motifs is 4.